The highest BCUT2D eigenvalue weighted by molar-refractivity contribution is 5.11. The minimum atomic E-state index is 1.03. The van der Waals surface area contributed by atoms with Crippen LogP contribution in [0.3, 0.4) is 0 Å². The fraction of sp³-hybridized carbons (Fsp3) is 0.400. The monoisotopic (exact) mass is 81.1 g/mol. The summed E-state index contributed by atoms with van der Waals surface area (Å²) in [5.41, 5.74) is 1.09. The molecule has 0 atom stereocenters. The predicted octanol–water partition coefficient (Wildman–Crippen LogP) is 0.575. The molecule has 0 aromatic rings. The largest absolute Gasteiger partial charge is 0.304 e. The number of nitrogens with one attached hydrogen (secondary N) is 1. The first kappa shape index (κ1) is 3.88. The van der Waals surface area contributed by atoms with Gasteiger partial charge in [0.25, 0.3) is 0 Å². The summed E-state index contributed by atoms with van der Waals surface area (Å²) in [5.74, 6) is 0. The van der Waals surface area contributed by atoms with E-state index in [1.54, 1.807) is 0 Å². The molecular weight excluding hydrogens is 74.1 g/mol. The molecule has 0 saturated carbocycles. The van der Waals surface area contributed by atoms with Crippen molar-refractivity contribution in [2.75, 3.05) is 6.54 Å². The number of hydrogen-bond acceptors (Lipinski definition) is 1. The van der Waals surface area contributed by atoms with E-state index in [1.165, 1.54) is 0 Å². The highest BCUT2D eigenvalue weighted by Gasteiger charge is 2.01. The SMILES string of the molecule is C=C1[C]NCC1. The second-order valence-electron chi connectivity index (χ2n) is 1.41. The van der Waals surface area contributed by atoms with Crippen LogP contribution in [0, 0.1) is 6.54 Å². The van der Waals surface area contributed by atoms with E-state index in [4.69, 9.17) is 0 Å². The molecule has 1 rings (SSSR count). The third kappa shape index (κ3) is 0.601. The molecule has 32 valence electrons. The lowest BCUT2D eigenvalue weighted by Crippen LogP contribution is -1.98. The van der Waals surface area contributed by atoms with Crippen molar-refractivity contribution in [1.82, 2.24) is 5.32 Å². The topological polar surface area (TPSA) is 12.0 Å². The lowest BCUT2D eigenvalue weighted by atomic mass is 10.3. The van der Waals surface area contributed by atoms with Gasteiger partial charge < -0.3 is 5.32 Å². The van der Waals surface area contributed by atoms with Gasteiger partial charge in [-0.25, -0.2) is 0 Å². The van der Waals surface area contributed by atoms with Crippen LogP contribution in [-0.4, -0.2) is 6.54 Å². The van der Waals surface area contributed by atoms with Gasteiger partial charge in [0.1, 0.15) is 0 Å². The molecule has 1 saturated heterocycles. The second kappa shape index (κ2) is 1.43. The normalized spacial score (nSPS) is 22.3. The molecule has 1 fully saturated rings. The highest BCUT2D eigenvalue weighted by Crippen LogP contribution is 2.04. The minimum absolute atomic E-state index is 1.03. The Morgan fingerprint density at radius 1 is 1.83 bits per heavy atom. The maximum Gasteiger partial charge on any atom is 0.0884 e. The summed E-state index contributed by atoms with van der Waals surface area (Å²) < 4.78 is 0. The van der Waals surface area contributed by atoms with Crippen LogP contribution in [0.15, 0.2) is 12.2 Å². The maximum atomic E-state index is 3.68. The number of hydrogen-bond donors (Lipinski definition) is 1. The van der Waals surface area contributed by atoms with Crippen LogP contribution in [0.2, 0.25) is 0 Å². The third-order valence-electron chi connectivity index (χ3n) is 0.817. The Balaban J connectivity index is 2.37. The molecule has 0 aromatic heterocycles. The molecule has 0 unspecified atom stereocenters. The van der Waals surface area contributed by atoms with Crippen LogP contribution in [-0.2, 0) is 0 Å². The Morgan fingerprint density at radius 3 is 2.83 bits per heavy atom. The first-order chi connectivity index (χ1) is 2.89. The van der Waals surface area contributed by atoms with Crippen molar-refractivity contribution < 1.29 is 0 Å². The molecule has 1 N–H and O–H groups in total. The van der Waals surface area contributed by atoms with E-state index in [0.29, 0.717) is 0 Å². The van der Waals surface area contributed by atoms with Gasteiger partial charge in [0.2, 0.25) is 0 Å². The van der Waals surface area contributed by atoms with Gasteiger partial charge in [-0.05, 0) is 13.0 Å². The molecule has 1 nitrogen and oxygen atoms in total. The van der Waals surface area contributed by atoms with Crippen LogP contribution in [0.5, 0.6) is 0 Å². The molecule has 2 radical (unpaired) electrons. The van der Waals surface area contributed by atoms with Crippen molar-refractivity contribution in [3.63, 3.8) is 0 Å². The fourth-order valence-electron chi connectivity index (χ4n) is 0.463. The van der Waals surface area contributed by atoms with Crippen molar-refractivity contribution in [2.24, 2.45) is 0 Å². The van der Waals surface area contributed by atoms with E-state index in [1.807, 2.05) is 0 Å². The molecule has 1 aliphatic heterocycles. The van der Waals surface area contributed by atoms with Crippen LogP contribution in [0.1, 0.15) is 6.42 Å². The van der Waals surface area contributed by atoms with Crippen molar-refractivity contribution in [2.45, 2.75) is 6.42 Å². The van der Waals surface area contributed by atoms with Gasteiger partial charge in [0.05, 0.1) is 6.54 Å². The molecule has 0 bridgehead atoms. The molecule has 0 spiro atoms. The first-order valence-corrected chi connectivity index (χ1v) is 2.06. The Hall–Kier alpha value is -0.300. The van der Waals surface area contributed by atoms with Crippen LogP contribution >= 0.6 is 0 Å². The van der Waals surface area contributed by atoms with E-state index in [9.17, 15) is 0 Å². The summed E-state index contributed by atoms with van der Waals surface area (Å²) >= 11 is 0. The Labute approximate surface area is 38.1 Å². The summed E-state index contributed by atoms with van der Waals surface area (Å²) in [5, 5.41) is 2.92. The van der Waals surface area contributed by atoms with Crippen molar-refractivity contribution in [3.05, 3.63) is 18.7 Å². The summed E-state index contributed by atoms with van der Waals surface area (Å²) in [6.07, 6.45) is 1.07. The van der Waals surface area contributed by atoms with E-state index in [0.717, 1.165) is 18.5 Å². The third-order valence-corrected chi connectivity index (χ3v) is 0.817. The van der Waals surface area contributed by atoms with Gasteiger partial charge in [0, 0.05) is 0 Å². The van der Waals surface area contributed by atoms with Gasteiger partial charge in [-0.2, -0.15) is 0 Å². The first-order valence-electron chi connectivity index (χ1n) is 2.06. The van der Waals surface area contributed by atoms with Crippen LogP contribution in [0.4, 0.5) is 0 Å². The molecule has 6 heavy (non-hydrogen) atoms. The van der Waals surface area contributed by atoms with Crippen LogP contribution < -0.4 is 5.32 Å². The molecule has 1 heterocycles. The van der Waals surface area contributed by atoms with Crippen molar-refractivity contribution in [3.8, 4) is 0 Å². The smallest absolute Gasteiger partial charge is 0.0884 e. The summed E-state index contributed by atoms with van der Waals surface area (Å²) in [4.78, 5) is 0. The quantitative estimate of drug-likeness (QED) is 0.449. The zero-order chi connectivity index (χ0) is 4.41. The molecule has 0 aromatic carbocycles. The highest BCUT2D eigenvalue weighted by atomic mass is 14.9. The lowest BCUT2D eigenvalue weighted by molar-refractivity contribution is 0.912. The average Bonchev–Trinajstić information content (AvgIpc) is 1.86. The van der Waals surface area contributed by atoms with E-state index >= 15 is 0 Å². The molecule has 1 aliphatic rings. The minimum Gasteiger partial charge on any atom is -0.304 e. The van der Waals surface area contributed by atoms with E-state index in [2.05, 4.69) is 18.4 Å². The summed E-state index contributed by atoms with van der Waals surface area (Å²) in [6, 6.07) is 0. The van der Waals surface area contributed by atoms with Gasteiger partial charge in [0.15, 0.2) is 0 Å². The molecule has 1 heteroatoms. The molecular formula is C5H7N. The molecule has 0 amide bonds. The van der Waals surface area contributed by atoms with Gasteiger partial charge in [-0.1, -0.05) is 12.2 Å². The van der Waals surface area contributed by atoms with Crippen LogP contribution in [0.25, 0.3) is 0 Å². The maximum absolute atomic E-state index is 3.68. The zero-order valence-corrected chi connectivity index (χ0v) is 3.62. The van der Waals surface area contributed by atoms with Gasteiger partial charge in [-0.3, -0.25) is 0 Å². The average molecular weight is 81.1 g/mol. The summed E-state index contributed by atoms with van der Waals surface area (Å²) in [6.45, 7) is 7.58. The molecule has 0 aliphatic carbocycles. The van der Waals surface area contributed by atoms with E-state index < -0.39 is 0 Å². The van der Waals surface area contributed by atoms with Gasteiger partial charge in [-0.15, -0.1) is 0 Å². The summed E-state index contributed by atoms with van der Waals surface area (Å²) in [7, 11) is 0. The van der Waals surface area contributed by atoms with Crippen molar-refractivity contribution >= 4 is 0 Å². The standard InChI is InChI=1S/C5H7N/c1-5-2-3-6-4-5/h6H,1-3H2. The second-order valence-corrected chi connectivity index (χ2v) is 1.41. The van der Waals surface area contributed by atoms with E-state index in [-0.39, 0.29) is 0 Å². The zero-order valence-electron chi connectivity index (χ0n) is 3.62. The van der Waals surface area contributed by atoms with Crippen molar-refractivity contribution in [1.29, 1.82) is 0 Å². The Morgan fingerprint density at radius 2 is 2.67 bits per heavy atom. The Bertz CT molecular complexity index is 58.3. The Kier molecular flexibility index (Phi) is 0.926. The lowest BCUT2D eigenvalue weighted by Gasteiger charge is -1.77. The number of rotatable bonds is 0. The fourth-order valence-corrected chi connectivity index (χ4v) is 0.463. The predicted molar refractivity (Wildman–Crippen MR) is 25.0 cm³/mol. The van der Waals surface area contributed by atoms with Gasteiger partial charge >= 0.3 is 0 Å².